The highest BCUT2D eigenvalue weighted by molar-refractivity contribution is 6.05. The molecule has 6 aliphatic heterocycles. The van der Waals surface area contributed by atoms with Crippen LogP contribution in [0, 0.1) is 17.2 Å². The van der Waals surface area contributed by atoms with Crippen molar-refractivity contribution in [3.63, 3.8) is 0 Å². The van der Waals surface area contributed by atoms with Gasteiger partial charge in [0.2, 0.25) is 11.8 Å². The smallest absolute Gasteiger partial charge is 0.255 e. The molecule has 0 saturated carbocycles. The number of imide groups is 1. The van der Waals surface area contributed by atoms with Crippen LogP contribution < -0.4 is 20.4 Å². The van der Waals surface area contributed by atoms with Crippen molar-refractivity contribution in [1.82, 2.24) is 30.2 Å². The minimum atomic E-state index is -0.672. The number of halogens is 1. The summed E-state index contributed by atoms with van der Waals surface area (Å²) < 4.78 is 14.3. The van der Waals surface area contributed by atoms with Gasteiger partial charge in [0.1, 0.15) is 6.04 Å². The first-order valence-corrected chi connectivity index (χ1v) is 21.2. The largest absolute Gasteiger partial charge is 0.504 e. The number of likely N-dealkylation sites (N-methyl/N-ethyl adjacent to an activating group) is 1. The first-order valence-electron chi connectivity index (χ1n) is 21.2. The number of phenolic OH excluding ortho intramolecular Hbond substituents is 1. The van der Waals surface area contributed by atoms with Gasteiger partial charge in [-0.2, -0.15) is 0 Å². The Hall–Kier alpha value is -4.82. The number of hydrogen-bond acceptors (Lipinski definition) is 11. The average Bonchev–Trinajstić information content (AvgIpc) is 3.77. The third kappa shape index (κ3) is 6.75. The van der Waals surface area contributed by atoms with Gasteiger partial charge in [-0.05, 0) is 99.3 Å². The molecule has 0 spiro atoms. The van der Waals surface area contributed by atoms with E-state index in [1.807, 2.05) is 18.2 Å². The van der Waals surface area contributed by atoms with E-state index in [0.29, 0.717) is 47.8 Å². The molecule has 1 unspecified atom stereocenters. The van der Waals surface area contributed by atoms with Gasteiger partial charge in [0, 0.05) is 81.1 Å². The molecule has 13 nitrogen and oxygen atoms in total. The second-order valence-corrected chi connectivity index (χ2v) is 18.4. The monoisotopic (exact) mass is 793 g/mol. The van der Waals surface area contributed by atoms with Crippen LogP contribution in [0.4, 0.5) is 21.6 Å². The van der Waals surface area contributed by atoms with E-state index in [1.165, 1.54) is 6.07 Å². The molecule has 4 fully saturated rings. The molecule has 9 rings (SSSR count). The van der Waals surface area contributed by atoms with Crippen molar-refractivity contribution in [1.29, 1.82) is 0 Å². The third-order valence-corrected chi connectivity index (χ3v) is 14.5. The van der Waals surface area contributed by atoms with E-state index in [4.69, 9.17) is 0 Å². The van der Waals surface area contributed by atoms with Gasteiger partial charge in [0.25, 0.3) is 5.91 Å². The number of carbonyl (C=O) groups is 3. The van der Waals surface area contributed by atoms with Crippen molar-refractivity contribution < 1.29 is 23.9 Å². The average molecular weight is 794 g/mol. The summed E-state index contributed by atoms with van der Waals surface area (Å²) in [6.45, 7) is 14.3. The number of benzene rings is 2. The van der Waals surface area contributed by atoms with E-state index in [1.54, 1.807) is 17.0 Å². The number of piperidine rings is 3. The lowest BCUT2D eigenvalue weighted by Crippen LogP contribution is -2.58. The van der Waals surface area contributed by atoms with Crippen LogP contribution in [0.1, 0.15) is 81.6 Å². The number of phenols is 1. The Labute approximate surface area is 339 Å². The van der Waals surface area contributed by atoms with Crippen LogP contribution >= 0.6 is 0 Å². The second-order valence-electron chi connectivity index (χ2n) is 18.4. The van der Waals surface area contributed by atoms with Crippen LogP contribution in [0.3, 0.4) is 0 Å². The summed E-state index contributed by atoms with van der Waals surface area (Å²) in [6.07, 6.45) is 5.94. The third-order valence-electron chi connectivity index (χ3n) is 14.5. The van der Waals surface area contributed by atoms with Crippen molar-refractivity contribution in [2.45, 2.75) is 95.9 Å². The Kier molecular flexibility index (Phi) is 9.85. The molecule has 2 aromatic carbocycles. The topological polar surface area (TPSA) is 137 Å². The molecule has 1 aromatic heterocycles. The van der Waals surface area contributed by atoms with E-state index < -0.39 is 17.6 Å². The summed E-state index contributed by atoms with van der Waals surface area (Å²) in [5, 5.41) is 25.3. The number of hydrogen-bond donors (Lipinski definition) is 3. The number of rotatable bonds is 8. The van der Waals surface area contributed by atoms with Crippen molar-refractivity contribution >= 4 is 34.9 Å². The Morgan fingerprint density at radius 3 is 2.57 bits per heavy atom. The number of amides is 3. The van der Waals surface area contributed by atoms with Crippen molar-refractivity contribution in [3.8, 4) is 17.0 Å². The molecule has 3 N–H and O–H groups in total. The zero-order chi connectivity index (χ0) is 40.5. The first kappa shape index (κ1) is 38.7. The van der Waals surface area contributed by atoms with E-state index in [9.17, 15) is 23.9 Å². The zero-order valence-electron chi connectivity index (χ0n) is 34.1. The number of para-hydroxylation sites is 1. The molecule has 4 atom stereocenters. The molecule has 58 heavy (non-hydrogen) atoms. The highest BCUT2D eigenvalue weighted by Gasteiger charge is 2.51. The molecule has 3 amide bonds. The maximum Gasteiger partial charge on any atom is 0.255 e. The number of likely N-dealkylation sites (tertiary alicyclic amines) is 1. The fourth-order valence-electron chi connectivity index (χ4n) is 11.2. The number of aromatic nitrogens is 2. The Bertz CT molecular complexity index is 2120. The standard InChI is InChI=1S/C44H56FN9O4/c1-5-44-21-30(24-54(44)36-20-34(48-49-40(36)46-25-44)31-7-6-8-33(45)39(31)56)50(4)37-15-16-51(26-43(37,2)3)22-27-13-17-52(18-14-27)29-10-9-28-23-53(42(58)32(28)19-29)35-11-12-38(55)47-41(35)57/h6-10,19-20,27,30,35,37,56H,5,11-18,21-26H2,1-4H3,(H,46,49)(H,47,55,57)/t30-,35+,37?,44-/m1/s1. The normalized spacial score (nSPS) is 27.4. The zero-order valence-corrected chi connectivity index (χ0v) is 34.1. The summed E-state index contributed by atoms with van der Waals surface area (Å²) in [7, 11) is 2.32. The van der Waals surface area contributed by atoms with Crippen LogP contribution in [-0.4, -0.2) is 124 Å². The Morgan fingerprint density at radius 2 is 1.81 bits per heavy atom. The van der Waals surface area contributed by atoms with Gasteiger partial charge in [0.15, 0.2) is 17.4 Å². The summed E-state index contributed by atoms with van der Waals surface area (Å²) in [5.41, 5.74) is 4.44. The quantitative estimate of drug-likeness (QED) is 0.270. The highest BCUT2D eigenvalue weighted by Crippen LogP contribution is 2.47. The van der Waals surface area contributed by atoms with Gasteiger partial charge in [-0.1, -0.05) is 32.9 Å². The van der Waals surface area contributed by atoms with Crippen molar-refractivity contribution in [2.24, 2.45) is 11.3 Å². The Balaban J connectivity index is 0.804. The van der Waals surface area contributed by atoms with E-state index in [2.05, 4.69) is 74.3 Å². The summed E-state index contributed by atoms with van der Waals surface area (Å²) in [5.74, 6) is -0.508. The molecule has 0 bridgehead atoms. The van der Waals surface area contributed by atoms with Gasteiger partial charge in [-0.25, -0.2) is 4.39 Å². The number of carbonyl (C=O) groups excluding carboxylic acids is 3. The van der Waals surface area contributed by atoms with Crippen LogP contribution in [0.15, 0.2) is 42.5 Å². The van der Waals surface area contributed by atoms with Crippen molar-refractivity contribution in [2.75, 3.05) is 68.0 Å². The molecular formula is C44H56FN9O4. The number of anilines is 3. The fraction of sp³-hybridized carbons (Fsp3) is 0.568. The van der Waals surface area contributed by atoms with Gasteiger partial charge in [-0.3, -0.25) is 24.6 Å². The molecule has 7 heterocycles. The molecule has 14 heteroatoms. The summed E-state index contributed by atoms with van der Waals surface area (Å²) in [6, 6.07) is 12.8. The van der Waals surface area contributed by atoms with Crippen LogP contribution in [0.2, 0.25) is 0 Å². The molecule has 4 saturated heterocycles. The minimum Gasteiger partial charge on any atom is -0.504 e. The van der Waals surface area contributed by atoms with Crippen LogP contribution in [0.25, 0.3) is 11.3 Å². The lowest BCUT2D eigenvalue weighted by atomic mass is 9.77. The highest BCUT2D eigenvalue weighted by atomic mass is 19.1. The van der Waals surface area contributed by atoms with Crippen molar-refractivity contribution in [3.05, 3.63) is 59.4 Å². The molecule has 0 radical (unpaired) electrons. The fourth-order valence-corrected chi connectivity index (χ4v) is 11.2. The molecule has 3 aromatic rings. The number of nitrogens with one attached hydrogen (secondary N) is 2. The number of aromatic hydroxyl groups is 1. The lowest BCUT2D eigenvalue weighted by Gasteiger charge is -2.50. The summed E-state index contributed by atoms with van der Waals surface area (Å²) >= 11 is 0. The second kappa shape index (κ2) is 14.8. The maximum atomic E-state index is 14.3. The first-order chi connectivity index (χ1) is 27.8. The molecule has 0 aliphatic carbocycles. The van der Waals surface area contributed by atoms with Crippen LogP contribution in [-0.2, 0) is 16.1 Å². The van der Waals surface area contributed by atoms with Gasteiger partial charge >= 0.3 is 0 Å². The van der Waals surface area contributed by atoms with Gasteiger partial charge in [0.05, 0.1) is 16.9 Å². The molecule has 6 aliphatic rings. The molecular weight excluding hydrogens is 738 g/mol. The van der Waals surface area contributed by atoms with E-state index in [-0.39, 0.29) is 35.1 Å². The number of fused-ring (bicyclic) bond motifs is 4. The van der Waals surface area contributed by atoms with E-state index >= 15 is 0 Å². The van der Waals surface area contributed by atoms with Gasteiger partial charge in [-0.15, -0.1) is 10.2 Å². The molecule has 308 valence electrons. The SMILES string of the molecule is CC[C@@]12CNc3nnc(-c4cccc(F)c4O)cc3N1C[C@H](N(C)C1CCN(CC3CCN(c4ccc5c(c4)C(=O)N([C@H]4CCC(=O)NC4=O)C5)CC3)CC1(C)C)C2. The van der Waals surface area contributed by atoms with Gasteiger partial charge < -0.3 is 30.0 Å². The number of nitrogens with zero attached hydrogens (tertiary/aromatic N) is 7. The lowest BCUT2D eigenvalue weighted by molar-refractivity contribution is -0.136. The van der Waals surface area contributed by atoms with E-state index in [0.717, 1.165) is 101 Å². The Morgan fingerprint density at radius 1 is 1.00 bits per heavy atom. The summed E-state index contributed by atoms with van der Waals surface area (Å²) in [4.78, 5) is 49.5. The predicted octanol–water partition coefficient (Wildman–Crippen LogP) is 4.85. The van der Waals surface area contributed by atoms with Crippen LogP contribution in [0.5, 0.6) is 5.75 Å². The predicted molar refractivity (Wildman–Crippen MR) is 220 cm³/mol. The maximum absolute atomic E-state index is 14.3. The minimum absolute atomic E-state index is 0.0820.